The van der Waals surface area contributed by atoms with Gasteiger partial charge < -0.3 is 10.2 Å². The molecule has 1 unspecified atom stereocenters. The molecule has 1 N–H and O–H groups in total. The first-order valence-electron chi connectivity index (χ1n) is 7.37. The Morgan fingerprint density at radius 1 is 1.33 bits per heavy atom. The molecule has 2 amide bonds. The highest BCUT2D eigenvalue weighted by Gasteiger charge is 2.24. The van der Waals surface area contributed by atoms with E-state index in [1.165, 1.54) is 0 Å². The molecule has 5 nitrogen and oxygen atoms in total. The van der Waals surface area contributed by atoms with Gasteiger partial charge in [0.05, 0.1) is 12.6 Å². The molecule has 2 rings (SSSR count). The smallest absolute Gasteiger partial charge is 0.237 e. The highest BCUT2D eigenvalue weighted by Crippen LogP contribution is 2.10. The number of carbonyl (C=O) groups is 2. The monoisotopic (exact) mass is 309 g/mol. The molecule has 1 fully saturated rings. The van der Waals surface area contributed by atoms with Crippen LogP contribution in [-0.2, 0) is 16.1 Å². The van der Waals surface area contributed by atoms with E-state index in [4.69, 9.17) is 0 Å². The first-order valence-corrected chi connectivity index (χ1v) is 8.25. The molecule has 0 spiro atoms. The lowest BCUT2D eigenvalue weighted by atomic mass is 10.2. The predicted octanol–water partition coefficient (Wildman–Crippen LogP) is 1.31. The Morgan fingerprint density at radius 3 is 2.81 bits per heavy atom. The van der Waals surface area contributed by atoms with Crippen molar-refractivity contribution in [2.45, 2.75) is 32.9 Å². The summed E-state index contributed by atoms with van der Waals surface area (Å²) < 4.78 is 0. The quantitative estimate of drug-likeness (QED) is 0.912. The van der Waals surface area contributed by atoms with Crippen molar-refractivity contribution in [2.24, 2.45) is 0 Å². The second-order valence-electron chi connectivity index (χ2n) is 5.37. The standard InChI is InChI=1S/C15H23N3O2S/c1-12(15(20)16-11-14-5-3-10-21-14)17-6-4-7-18(9-8-17)13(2)19/h3,5,10,12H,4,6-9,11H2,1-2H3,(H,16,20). The van der Waals surface area contributed by atoms with Crippen LogP contribution in [0, 0.1) is 0 Å². The minimum absolute atomic E-state index is 0.0553. The number of hydrogen-bond acceptors (Lipinski definition) is 4. The van der Waals surface area contributed by atoms with E-state index in [9.17, 15) is 9.59 Å². The molecule has 1 aromatic heterocycles. The van der Waals surface area contributed by atoms with Crippen molar-refractivity contribution in [3.05, 3.63) is 22.4 Å². The zero-order valence-corrected chi connectivity index (χ0v) is 13.5. The van der Waals surface area contributed by atoms with E-state index in [0.29, 0.717) is 13.1 Å². The van der Waals surface area contributed by atoms with Crippen molar-refractivity contribution in [3.8, 4) is 0 Å². The van der Waals surface area contributed by atoms with Gasteiger partial charge in [-0.15, -0.1) is 11.3 Å². The van der Waals surface area contributed by atoms with Gasteiger partial charge in [0.1, 0.15) is 0 Å². The summed E-state index contributed by atoms with van der Waals surface area (Å²) in [5, 5.41) is 5.00. The zero-order valence-electron chi connectivity index (χ0n) is 12.7. The summed E-state index contributed by atoms with van der Waals surface area (Å²) in [6.45, 7) is 7.24. The molecule has 21 heavy (non-hydrogen) atoms. The third kappa shape index (κ3) is 4.54. The molecule has 0 aromatic carbocycles. The van der Waals surface area contributed by atoms with E-state index >= 15 is 0 Å². The van der Waals surface area contributed by atoms with Gasteiger partial charge in [0.2, 0.25) is 11.8 Å². The lowest BCUT2D eigenvalue weighted by Gasteiger charge is -2.26. The van der Waals surface area contributed by atoms with E-state index in [1.54, 1.807) is 18.3 Å². The lowest BCUT2D eigenvalue weighted by molar-refractivity contribution is -0.128. The van der Waals surface area contributed by atoms with Crippen molar-refractivity contribution in [1.29, 1.82) is 0 Å². The molecule has 2 heterocycles. The summed E-state index contributed by atoms with van der Waals surface area (Å²) in [6, 6.07) is 3.85. The second kappa shape index (κ2) is 7.56. The molecule has 116 valence electrons. The minimum Gasteiger partial charge on any atom is -0.350 e. The number of carbonyl (C=O) groups excluding carboxylic acids is 2. The summed E-state index contributed by atoms with van der Waals surface area (Å²) >= 11 is 1.65. The number of thiophene rings is 1. The first kappa shape index (κ1) is 16.0. The molecule has 6 heteroatoms. The Labute approximate surface area is 129 Å². The van der Waals surface area contributed by atoms with Crippen molar-refractivity contribution < 1.29 is 9.59 Å². The number of nitrogens with one attached hydrogen (secondary N) is 1. The summed E-state index contributed by atoms with van der Waals surface area (Å²) in [7, 11) is 0. The van der Waals surface area contributed by atoms with Crippen LogP contribution in [0.4, 0.5) is 0 Å². The third-order valence-electron chi connectivity index (χ3n) is 3.92. The zero-order chi connectivity index (χ0) is 15.2. The van der Waals surface area contributed by atoms with Crippen LogP contribution in [0.3, 0.4) is 0 Å². The minimum atomic E-state index is -0.156. The predicted molar refractivity (Wildman–Crippen MR) is 84.1 cm³/mol. The Kier molecular flexibility index (Phi) is 5.76. The average Bonchev–Trinajstić information content (AvgIpc) is 2.86. The number of rotatable bonds is 4. The van der Waals surface area contributed by atoms with Crippen LogP contribution in [-0.4, -0.2) is 53.8 Å². The SMILES string of the molecule is CC(=O)N1CCCN(C(C)C(=O)NCc2cccs2)CC1. The van der Waals surface area contributed by atoms with Gasteiger partial charge in [0.15, 0.2) is 0 Å². The molecule has 0 radical (unpaired) electrons. The van der Waals surface area contributed by atoms with Gasteiger partial charge in [-0.3, -0.25) is 14.5 Å². The lowest BCUT2D eigenvalue weighted by Crippen LogP contribution is -2.46. The largest absolute Gasteiger partial charge is 0.350 e. The van der Waals surface area contributed by atoms with Crippen LogP contribution >= 0.6 is 11.3 Å². The van der Waals surface area contributed by atoms with Crippen LogP contribution in [0.2, 0.25) is 0 Å². The topological polar surface area (TPSA) is 52.7 Å². The summed E-state index contributed by atoms with van der Waals surface area (Å²) in [6.07, 6.45) is 0.919. The van der Waals surface area contributed by atoms with Crippen molar-refractivity contribution in [3.63, 3.8) is 0 Å². The molecular formula is C15H23N3O2S. The summed E-state index contributed by atoms with van der Waals surface area (Å²) in [5.41, 5.74) is 0. The fourth-order valence-corrected chi connectivity index (χ4v) is 3.19. The van der Waals surface area contributed by atoms with Gasteiger partial charge in [-0.1, -0.05) is 6.07 Å². The van der Waals surface area contributed by atoms with Gasteiger partial charge in [0.25, 0.3) is 0 Å². The number of amides is 2. The maximum atomic E-state index is 12.2. The Balaban J connectivity index is 1.82. The Morgan fingerprint density at radius 2 is 2.14 bits per heavy atom. The Bertz CT molecular complexity index is 475. The van der Waals surface area contributed by atoms with Gasteiger partial charge in [-0.2, -0.15) is 0 Å². The van der Waals surface area contributed by atoms with E-state index in [-0.39, 0.29) is 17.9 Å². The number of hydrogen-bond donors (Lipinski definition) is 1. The fraction of sp³-hybridized carbons (Fsp3) is 0.600. The maximum Gasteiger partial charge on any atom is 0.237 e. The molecule has 0 aliphatic carbocycles. The van der Waals surface area contributed by atoms with E-state index < -0.39 is 0 Å². The average molecular weight is 309 g/mol. The van der Waals surface area contributed by atoms with Crippen LogP contribution in [0.5, 0.6) is 0 Å². The second-order valence-corrected chi connectivity index (χ2v) is 6.40. The molecule has 1 aliphatic rings. The van der Waals surface area contributed by atoms with E-state index in [0.717, 1.165) is 30.9 Å². The maximum absolute atomic E-state index is 12.2. The van der Waals surface area contributed by atoms with Gasteiger partial charge in [0, 0.05) is 38.0 Å². The van der Waals surface area contributed by atoms with Crippen LogP contribution < -0.4 is 5.32 Å². The molecular weight excluding hydrogens is 286 g/mol. The van der Waals surface area contributed by atoms with Crippen molar-refractivity contribution in [2.75, 3.05) is 26.2 Å². The molecule has 1 saturated heterocycles. The summed E-state index contributed by atoms with van der Waals surface area (Å²) in [4.78, 5) is 28.8. The fourth-order valence-electron chi connectivity index (χ4n) is 2.54. The molecule has 1 aliphatic heterocycles. The molecule has 0 bridgehead atoms. The van der Waals surface area contributed by atoms with Crippen LogP contribution in [0.15, 0.2) is 17.5 Å². The molecule has 0 saturated carbocycles. The van der Waals surface area contributed by atoms with E-state index in [2.05, 4.69) is 10.2 Å². The molecule has 1 aromatic rings. The van der Waals surface area contributed by atoms with Gasteiger partial charge in [-0.25, -0.2) is 0 Å². The Hall–Kier alpha value is -1.40. The summed E-state index contributed by atoms with van der Waals surface area (Å²) in [5.74, 6) is 0.173. The highest BCUT2D eigenvalue weighted by atomic mass is 32.1. The number of nitrogens with zero attached hydrogens (tertiary/aromatic N) is 2. The van der Waals surface area contributed by atoms with E-state index in [1.807, 2.05) is 29.3 Å². The van der Waals surface area contributed by atoms with Crippen LogP contribution in [0.25, 0.3) is 0 Å². The van der Waals surface area contributed by atoms with Gasteiger partial charge in [-0.05, 0) is 24.8 Å². The van der Waals surface area contributed by atoms with Gasteiger partial charge >= 0.3 is 0 Å². The van der Waals surface area contributed by atoms with Crippen molar-refractivity contribution in [1.82, 2.24) is 15.1 Å². The molecule has 1 atom stereocenters. The van der Waals surface area contributed by atoms with Crippen LogP contribution in [0.1, 0.15) is 25.1 Å². The third-order valence-corrected chi connectivity index (χ3v) is 4.80. The van der Waals surface area contributed by atoms with Crippen molar-refractivity contribution >= 4 is 23.2 Å². The first-order chi connectivity index (χ1) is 10.1. The highest BCUT2D eigenvalue weighted by molar-refractivity contribution is 7.09. The normalized spacial score (nSPS) is 18.1.